The minimum absolute atomic E-state index is 0.101. The molecule has 0 amide bonds. The number of hydrogen-bond donors (Lipinski definition) is 2. The lowest BCUT2D eigenvalue weighted by atomic mass is 9.98. The number of rotatable bonds is 7. The maximum absolute atomic E-state index is 6.17. The van der Waals surface area contributed by atoms with Crippen molar-refractivity contribution in [3.8, 4) is 11.4 Å². The Bertz CT molecular complexity index is 774. The summed E-state index contributed by atoms with van der Waals surface area (Å²) in [5.74, 6) is -0.0153. The first-order chi connectivity index (χ1) is 13.6. The van der Waals surface area contributed by atoms with Crippen LogP contribution >= 0.6 is 11.5 Å². The first kappa shape index (κ1) is 19.6. The second-order valence-electron chi connectivity index (χ2n) is 7.21. The van der Waals surface area contributed by atoms with Crippen LogP contribution in [-0.4, -0.2) is 70.8 Å². The normalized spacial score (nSPS) is 28.8. The summed E-state index contributed by atoms with van der Waals surface area (Å²) in [5.41, 5.74) is 6.43. The molecular formula is C18H25N5O4S. The molecule has 2 aliphatic heterocycles. The molecule has 0 unspecified atom stereocenters. The molecule has 0 radical (unpaired) electrons. The van der Waals surface area contributed by atoms with Crippen molar-refractivity contribution in [3.05, 3.63) is 24.5 Å². The Hall–Kier alpha value is -1.69. The Labute approximate surface area is 167 Å². The predicted octanol–water partition coefficient (Wildman–Crippen LogP) is 1.27. The molecule has 2 aliphatic rings. The summed E-state index contributed by atoms with van der Waals surface area (Å²) in [4.78, 5) is 8.61. The van der Waals surface area contributed by atoms with Crippen LogP contribution in [0.1, 0.15) is 13.8 Å². The zero-order valence-electron chi connectivity index (χ0n) is 15.9. The van der Waals surface area contributed by atoms with E-state index >= 15 is 0 Å². The molecule has 9 nitrogen and oxygen atoms in total. The molecule has 2 aromatic heterocycles. The maximum Gasteiger partial charge on any atom is 0.203 e. The molecule has 4 atom stereocenters. The van der Waals surface area contributed by atoms with Crippen molar-refractivity contribution in [1.29, 1.82) is 0 Å². The summed E-state index contributed by atoms with van der Waals surface area (Å²) < 4.78 is 28.3. The van der Waals surface area contributed by atoms with Gasteiger partial charge in [0.2, 0.25) is 5.13 Å². The van der Waals surface area contributed by atoms with Crippen molar-refractivity contribution in [2.45, 2.75) is 44.0 Å². The average molecular weight is 407 g/mol. The molecule has 0 bridgehead atoms. The van der Waals surface area contributed by atoms with E-state index in [1.54, 1.807) is 12.4 Å². The van der Waals surface area contributed by atoms with Crippen LogP contribution in [0.4, 0.5) is 5.13 Å². The minimum Gasteiger partial charge on any atom is -0.377 e. The maximum atomic E-state index is 6.17. The number of nitrogens with one attached hydrogen (secondary N) is 1. The van der Waals surface area contributed by atoms with E-state index in [2.05, 4.69) is 19.7 Å². The SMILES string of the molecule is CC1(C)O[C@@H]2[C@H](O1)[C@@H](Nc1nc(-c3ccncc3)ns1)CO[C@@H]2COCCN. The van der Waals surface area contributed by atoms with Gasteiger partial charge in [-0.3, -0.25) is 4.98 Å². The fraction of sp³-hybridized carbons (Fsp3) is 0.611. The quantitative estimate of drug-likeness (QED) is 0.655. The molecule has 0 spiro atoms. The third kappa shape index (κ3) is 4.32. The molecule has 4 heterocycles. The van der Waals surface area contributed by atoms with Crippen molar-refractivity contribution in [2.75, 3.05) is 31.7 Å². The van der Waals surface area contributed by atoms with Gasteiger partial charge in [0.05, 0.1) is 25.9 Å². The van der Waals surface area contributed by atoms with Crippen molar-refractivity contribution < 1.29 is 18.9 Å². The van der Waals surface area contributed by atoms with E-state index in [4.69, 9.17) is 24.7 Å². The van der Waals surface area contributed by atoms with Crippen LogP contribution in [0.5, 0.6) is 0 Å². The third-order valence-corrected chi connectivity index (χ3v) is 5.28. The smallest absolute Gasteiger partial charge is 0.203 e. The first-order valence-electron chi connectivity index (χ1n) is 9.31. The largest absolute Gasteiger partial charge is 0.377 e. The number of hydrogen-bond acceptors (Lipinski definition) is 10. The Morgan fingerprint density at radius 1 is 1.29 bits per heavy atom. The van der Waals surface area contributed by atoms with Gasteiger partial charge in [0.15, 0.2) is 11.6 Å². The van der Waals surface area contributed by atoms with Crippen LogP contribution in [0, 0.1) is 0 Å². The second kappa shape index (κ2) is 8.36. The lowest BCUT2D eigenvalue weighted by Crippen LogP contribution is -2.55. The highest BCUT2D eigenvalue weighted by molar-refractivity contribution is 7.09. The van der Waals surface area contributed by atoms with Gasteiger partial charge in [-0.2, -0.15) is 9.36 Å². The fourth-order valence-corrected chi connectivity index (χ4v) is 4.09. The molecule has 2 aromatic rings. The Kier molecular flexibility index (Phi) is 5.85. The summed E-state index contributed by atoms with van der Waals surface area (Å²) >= 11 is 1.31. The monoisotopic (exact) mass is 407 g/mol. The van der Waals surface area contributed by atoms with Crippen LogP contribution in [0.2, 0.25) is 0 Å². The van der Waals surface area contributed by atoms with Gasteiger partial charge in [-0.05, 0) is 26.0 Å². The van der Waals surface area contributed by atoms with Gasteiger partial charge in [-0.25, -0.2) is 0 Å². The van der Waals surface area contributed by atoms with Crippen molar-refractivity contribution in [2.24, 2.45) is 5.73 Å². The summed E-state index contributed by atoms with van der Waals surface area (Å²) in [5, 5.41) is 4.12. The van der Waals surface area contributed by atoms with Crippen LogP contribution in [0.25, 0.3) is 11.4 Å². The van der Waals surface area contributed by atoms with Gasteiger partial charge in [0.1, 0.15) is 18.3 Å². The fourth-order valence-electron chi connectivity index (χ4n) is 3.44. The zero-order valence-corrected chi connectivity index (χ0v) is 16.7. The highest BCUT2D eigenvalue weighted by atomic mass is 32.1. The van der Waals surface area contributed by atoms with E-state index in [9.17, 15) is 0 Å². The molecular weight excluding hydrogens is 382 g/mol. The van der Waals surface area contributed by atoms with E-state index in [-0.39, 0.29) is 24.4 Å². The van der Waals surface area contributed by atoms with E-state index in [1.165, 1.54) is 11.5 Å². The molecule has 2 saturated heterocycles. The minimum atomic E-state index is -0.682. The summed E-state index contributed by atoms with van der Waals surface area (Å²) in [6, 6.07) is 3.66. The predicted molar refractivity (Wildman–Crippen MR) is 104 cm³/mol. The van der Waals surface area contributed by atoms with Gasteiger partial charge in [-0.15, -0.1) is 0 Å². The number of nitrogens with zero attached hydrogens (tertiary/aromatic N) is 3. The standard InChI is InChI=1S/C18H25N5O4S/c1-18(2)26-14-12(9-25-13(15(14)27-18)10-24-8-5-19)21-17-22-16(23-28-17)11-3-6-20-7-4-11/h3-4,6-7,12-15H,5,8-10,19H2,1-2H3,(H,21,22,23)/t12-,13+,14+,15-/m0/s1. The topological polar surface area (TPSA) is 114 Å². The number of pyridine rings is 1. The third-order valence-electron chi connectivity index (χ3n) is 4.63. The molecule has 0 aliphatic carbocycles. The summed E-state index contributed by atoms with van der Waals surface area (Å²) in [7, 11) is 0. The van der Waals surface area contributed by atoms with E-state index in [0.29, 0.717) is 37.3 Å². The van der Waals surface area contributed by atoms with E-state index in [1.807, 2.05) is 26.0 Å². The van der Waals surface area contributed by atoms with Crippen molar-refractivity contribution >= 4 is 16.7 Å². The average Bonchev–Trinajstić information content (AvgIpc) is 3.28. The highest BCUT2D eigenvalue weighted by Gasteiger charge is 2.52. The Morgan fingerprint density at radius 2 is 2.07 bits per heavy atom. The first-order valence-corrected chi connectivity index (χ1v) is 10.1. The van der Waals surface area contributed by atoms with Crippen molar-refractivity contribution in [3.63, 3.8) is 0 Å². The summed E-state index contributed by atoms with van der Waals surface area (Å²) in [6.07, 6.45) is 2.84. The van der Waals surface area contributed by atoms with Crippen LogP contribution in [-0.2, 0) is 18.9 Å². The van der Waals surface area contributed by atoms with Crippen LogP contribution in [0.15, 0.2) is 24.5 Å². The zero-order chi connectivity index (χ0) is 19.6. The van der Waals surface area contributed by atoms with Gasteiger partial charge < -0.3 is 30.0 Å². The lowest BCUT2D eigenvalue weighted by Gasteiger charge is -2.37. The number of ether oxygens (including phenoxy) is 4. The molecule has 10 heteroatoms. The van der Waals surface area contributed by atoms with Crippen LogP contribution < -0.4 is 11.1 Å². The van der Waals surface area contributed by atoms with E-state index < -0.39 is 5.79 Å². The lowest BCUT2D eigenvalue weighted by molar-refractivity contribution is -0.159. The summed E-state index contributed by atoms with van der Waals surface area (Å²) in [6.45, 7) is 5.67. The molecule has 28 heavy (non-hydrogen) atoms. The van der Waals surface area contributed by atoms with Crippen LogP contribution in [0.3, 0.4) is 0 Å². The molecule has 0 aromatic carbocycles. The molecule has 152 valence electrons. The molecule has 4 rings (SSSR count). The number of fused-ring (bicyclic) bond motifs is 1. The molecule has 0 saturated carbocycles. The highest BCUT2D eigenvalue weighted by Crippen LogP contribution is 2.36. The van der Waals surface area contributed by atoms with Gasteiger partial charge in [0.25, 0.3) is 0 Å². The molecule has 2 fully saturated rings. The van der Waals surface area contributed by atoms with Gasteiger partial charge >= 0.3 is 0 Å². The number of nitrogens with two attached hydrogens (primary N) is 1. The van der Waals surface area contributed by atoms with E-state index in [0.717, 1.165) is 5.56 Å². The Balaban J connectivity index is 1.45. The Morgan fingerprint density at radius 3 is 2.86 bits per heavy atom. The van der Waals surface area contributed by atoms with Gasteiger partial charge in [-0.1, -0.05) is 0 Å². The molecule has 3 N–H and O–H groups in total. The number of anilines is 1. The van der Waals surface area contributed by atoms with Gasteiger partial charge in [0, 0.05) is 36.0 Å². The number of aromatic nitrogens is 3. The second-order valence-corrected chi connectivity index (χ2v) is 7.96. The van der Waals surface area contributed by atoms with Crippen molar-refractivity contribution in [1.82, 2.24) is 14.3 Å².